The van der Waals surface area contributed by atoms with Gasteiger partial charge in [-0.2, -0.15) is 0 Å². The summed E-state index contributed by atoms with van der Waals surface area (Å²) in [4.78, 5) is 4.68. The minimum Gasteiger partial charge on any atom is -0.398 e. The zero-order valence-electron chi connectivity index (χ0n) is 12.3. The Kier molecular flexibility index (Phi) is 4.91. The maximum atomic E-state index is 9.85. The second kappa shape index (κ2) is 6.31. The van der Waals surface area contributed by atoms with Crippen molar-refractivity contribution in [2.45, 2.75) is 26.0 Å². The second-order valence-electron chi connectivity index (χ2n) is 6.21. The van der Waals surface area contributed by atoms with Crippen molar-refractivity contribution in [2.75, 3.05) is 38.5 Å². The average molecular weight is 298 g/mol. The Hall–Kier alpha value is -0.810. The number of rotatable bonds is 4. The molecule has 0 spiro atoms. The van der Waals surface area contributed by atoms with E-state index in [4.69, 9.17) is 17.3 Å². The molecule has 1 aromatic rings. The quantitative estimate of drug-likeness (QED) is 0.832. The summed E-state index contributed by atoms with van der Waals surface area (Å²) < 4.78 is 0. The number of anilines is 1. The highest BCUT2D eigenvalue weighted by molar-refractivity contribution is 6.30. The molecule has 4 nitrogen and oxygen atoms in total. The number of aliphatic hydroxyl groups is 1. The molecule has 1 aliphatic heterocycles. The van der Waals surface area contributed by atoms with Crippen LogP contribution in [0.15, 0.2) is 18.2 Å². The lowest BCUT2D eigenvalue weighted by atomic mass is 10.1. The SMILES string of the molecule is CC(C)(O)CN1CCN(Cc2cc(Cl)ccc2N)CC1. The van der Waals surface area contributed by atoms with E-state index in [9.17, 15) is 5.11 Å². The van der Waals surface area contributed by atoms with Gasteiger partial charge in [0.25, 0.3) is 0 Å². The molecule has 1 aliphatic rings. The number of nitrogens with zero attached hydrogens (tertiary/aromatic N) is 2. The first-order valence-corrected chi connectivity index (χ1v) is 7.42. The van der Waals surface area contributed by atoms with Crippen LogP contribution in [0.25, 0.3) is 0 Å². The van der Waals surface area contributed by atoms with Crippen molar-refractivity contribution in [1.29, 1.82) is 0 Å². The maximum Gasteiger partial charge on any atom is 0.0718 e. The van der Waals surface area contributed by atoms with Gasteiger partial charge in [0.1, 0.15) is 0 Å². The van der Waals surface area contributed by atoms with E-state index in [0.717, 1.165) is 55.5 Å². The Labute approximate surface area is 126 Å². The monoisotopic (exact) mass is 297 g/mol. The van der Waals surface area contributed by atoms with Crippen molar-refractivity contribution in [3.8, 4) is 0 Å². The molecule has 0 unspecified atom stereocenters. The van der Waals surface area contributed by atoms with E-state index in [0.29, 0.717) is 0 Å². The zero-order chi connectivity index (χ0) is 14.8. The predicted octanol–water partition coefficient (Wildman–Crippen LogP) is 1.81. The topological polar surface area (TPSA) is 52.7 Å². The lowest BCUT2D eigenvalue weighted by Gasteiger charge is -2.37. The molecule has 2 rings (SSSR count). The van der Waals surface area contributed by atoms with Crippen LogP contribution >= 0.6 is 11.6 Å². The fourth-order valence-electron chi connectivity index (χ4n) is 2.60. The first-order valence-electron chi connectivity index (χ1n) is 7.04. The standard InChI is InChI=1S/C15H24ClN3O/c1-15(2,20)11-19-7-5-18(6-8-19)10-12-9-13(16)3-4-14(12)17/h3-4,9,20H,5-8,10-11,17H2,1-2H3. The van der Waals surface area contributed by atoms with Crippen LogP contribution in [0.5, 0.6) is 0 Å². The fraction of sp³-hybridized carbons (Fsp3) is 0.600. The van der Waals surface area contributed by atoms with Gasteiger partial charge in [-0.05, 0) is 37.6 Å². The van der Waals surface area contributed by atoms with E-state index in [1.165, 1.54) is 0 Å². The number of hydrogen-bond donors (Lipinski definition) is 2. The average Bonchev–Trinajstić information content (AvgIpc) is 2.34. The van der Waals surface area contributed by atoms with E-state index in [2.05, 4.69) is 9.80 Å². The molecular formula is C15H24ClN3O. The van der Waals surface area contributed by atoms with Gasteiger partial charge in [-0.25, -0.2) is 0 Å². The first kappa shape index (κ1) is 15.6. The molecule has 0 radical (unpaired) electrons. The van der Waals surface area contributed by atoms with Crippen LogP contribution in [-0.2, 0) is 6.54 Å². The summed E-state index contributed by atoms with van der Waals surface area (Å²) in [5, 5.41) is 10.6. The van der Waals surface area contributed by atoms with E-state index in [-0.39, 0.29) is 0 Å². The van der Waals surface area contributed by atoms with Gasteiger partial charge in [0.2, 0.25) is 0 Å². The fourth-order valence-corrected chi connectivity index (χ4v) is 2.80. The van der Waals surface area contributed by atoms with Gasteiger partial charge in [0.15, 0.2) is 0 Å². The molecule has 112 valence electrons. The van der Waals surface area contributed by atoms with E-state index >= 15 is 0 Å². The van der Waals surface area contributed by atoms with Gasteiger partial charge in [-0.15, -0.1) is 0 Å². The number of nitrogens with two attached hydrogens (primary N) is 1. The summed E-state index contributed by atoms with van der Waals surface area (Å²) >= 11 is 6.02. The molecule has 0 atom stereocenters. The van der Waals surface area contributed by atoms with E-state index in [1.807, 2.05) is 32.0 Å². The van der Waals surface area contributed by atoms with Gasteiger partial charge in [-0.3, -0.25) is 9.80 Å². The molecule has 0 amide bonds. The van der Waals surface area contributed by atoms with Crippen molar-refractivity contribution in [3.05, 3.63) is 28.8 Å². The number of nitrogen functional groups attached to an aromatic ring is 1. The molecule has 1 saturated heterocycles. The molecule has 0 bridgehead atoms. The first-order chi connectivity index (χ1) is 9.33. The summed E-state index contributed by atoms with van der Waals surface area (Å²) in [5.74, 6) is 0. The van der Waals surface area contributed by atoms with E-state index < -0.39 is 5.60 Å². The summed E-state index contributed by atoms with van der Waals surface area (Å²) in [6.07, 6.45) is 0. The Balaban J connectivity index is 1.87. The molecule has 5 heteroatoms. The van der Waals surface area contributed by atoms with Gasteiger partial charge in [0.05, 0.1) is 5.60 Å². The molecule has 3 N–H and O–H groups in total. The van der Waals surface area contributed by atoms with Gasteiger partial charge in [0, 0.05) is 50.0 Å². The summed E-state index contributed by atoms with van der Waals surface area (Å²) in [6, 6.07) is 5.63. The van der Waals surface area contributed by atoms with Crippen molar-refractivity contribution in [1.82, 2.24) is 9.80 Å². The van der Waals surface area contributed by atoms with Crippen LogP contribution in [-0.4, -0.2) is 53.2 Å². The number of piperazine rings is 1. The number of hydrogen-bond acceptors (Lipinski definition) is 4. The molecule has 1 fully saturated rings. The van der Waals surface area contributed by atoms with Gasteiger partial charge in [-0.1, -0.05) is 11.6 Å². The van der Waals surface area contributed by atoms with E-state index in [1.54, 1.807) is 0 Å². The largest absolute Gasteiger partial charge is 0.398 e. The molecule has 0 saturated carbocycles. The molecule has 1 heterocycles. The Bertz CT molecular complexity index is 451. The van der Waals surface area contributed by atoms with Crippen LogP contribution in [0.4, 0.5) is 5.69 Å². The number of halogens is 1. The Morgan fingerprint density at radius 1 is 1.20 bits per heavy atom. The second-order valence-corrected chi connectivity index (χ2v) is 6.64. The highest BCUT2D eigenvalue weighted by Crippen LogP contribution is 2.20. The van der Waals surface area contributed by atoms with Gasteiger partial charge >= 0.3 is 0 Å². The highest BCUT2D eigenvalue weighted by atomic mass is 35.5. The molecule has 1 aromatic carbocycles. The third kappa shape index (κ3) is 4.63. The highest BCUT2D eigenvalue weighted by Gasteiger charge is 2.22. The summed E-state index contributed by atoms with van der Waals surface area (Å²) in [7, 11) is 0. The van der Waals surface area contributed by atoms with Crippen LogP contribution in [0.3, 0.4) is 0 Å². The minimum atomic E-state index is -0.625. The van der Waals surface area contributed by atoms with Gasteiger partial charge < -0.3 is 10.8 Å². The third-order valence-corrected chi connectivity index (χ3v) is 3.81. The zero-order valence-corrected chi connectivity index (χ0v) is 13.0. The van der Waals surface area contributed by atoms with Crippen molar-refractivity contribution < 1.29 is 5.11 Å². The van der Waals surface area contributed by atoms with Crippen molar-refractivity contribution in [3.63, 3.8) is 0 Å². The molecule has 0 aliphatic carbocycles. The van der Waals surface area contributed by atoms with Crippen molar-refractivity contribution >= 4 is 17.3 Å². The van der Waals surface area contributed by atoms with Crippen LogP contribution in [0.1, 0.15) is 19.4 Å². The summed E-state index contributed by atoms with van der Waals surface area (Å²) in [5.41, 5.74) is 7.25. The lowest BCUT2D eigenvalue weighted by molar-refractivity contribution is 0.0167. The normalized spacial score (nSPS) is 18.4. The number of β-amino-alcohol motifs (C(OH)–C–C–N with tert-alkyl or cyclic N) is 1. The Morgan fingerprint density at radius 3 is 2.40 bits per heavy atom. The molecule has 20 heavy (non-hydrogen) atoms. The van der Waals surface area contributed by atoms with Crippen LogP contribution in [0, 0.1) is 0 Å². The molecule has 0 aromatic heterocycles. The Morgan fingerprint density at radius 2 is 1.80 bits per heavy atom. The lowest BCUT2D eigenvalue weighted by Crippen LogP contribution is -2.50. The predicted molar refractivity (Wildman–Crippen MR) is 83.9 cm³/mol. The summed E-state index contributed by atoms with van der Waals surface area (Å²) in [6.45, 7) is 9.19. The van der Waals surface area contributed by atoms with Crippen LogP contribution < -0.4 is 5.73 Å². The smallest absolute Gasteiger partial charge is 0.0718 e. The molecular weight excluding hydrogens is 274 g/mol. The number of benzene rings is 1. The van der Waals surface area contributed by atoms with Crippen molar-refractivity contribution in [2.24, 2.45) is 0 Å². The van der Waals surface area contributed by atoms with Crippen LogP contribution in [0.2, 0.25) is 5.02 Å². The maximum absolute atomic E-state index is 9.85. The minimum absolute atomic E-state index is 0.625. The third-order valence-electron chi connectivity index (χ3n) is 3.57.